The highest BCUT2D eigenvalue weighted by Gasteiger charge is 2.20. The van der Waals surface area contributed by atoms with Crippen LogP contribution in [-0.2, 0) is 11.3 Å². The molecule has 0 unspecified atom stereocenters. The molecule has 154 valence electrons. The van der Waals surface area contributed by atoms with Gasteiger partial charge < -0.3 is 10.1 Å². The number of piperidine rings is 1. The third-order valence-corrected chi connectivity index (χ3v) is 6.25. The number of hydrogen-bond donors (Lipinski definition) is 1. The predicted octanol–water partition coefficient (Wildman–Crippen LogP) is 3.84. The maximum absolute atomic E-state index is 12.4. The Kier molecular flexibility index (Phi) is 7.72. The highest BCUT2D eigenvalue weighted by Crippen LogP contribution is 2.24. The first kappa shape index (κ1) is 21.4. The predicted molar refractivity (Wildman–Crippen MR) is 116 cm³/mol. The molecule has 1 aliphatic rings. The summed E-state index contributed by atoms with van der Waals surface area (Å²) in [5, 5.41) is 3.04. The van der Waals surface area contributed by atoms with Crippen molar-refractivity contribution in [2.75, 3.05) is 33.0 Å². The van der Waals surface area contributed by atoms with Crippen molar-refractivity contribution in [1.82, 2.24) is 10.2 Å². The lowest BCUT2D eigenvalue weighted by Gasteiger charge is -2.32. The summed E-state index contributed by atoms with van der Waals surface area (Å²) in [5.74, 6) is 0.00181. The van der Waals surface area contributed by atoms with Crippen molar-refractivity contribution in [2.24, 2.45) is 5.92 Å². The lowest BCUT2D eigenvalue weighted by atomic mass is 9.96. The first-order valence-corrected chi connectivity index (χ1v) is 11.1. The Labute approximate surface area is 176 Å². The molecule has 6 heteroatoms. The number of rotatable bonds is 7. The van der Waals surface area contributed by atoms with Crippen LogP contribution >= 0.6 is 11.8 Å². The minimum Gasteiger partial charge on any atom is -0.465 e. The number of carbonyl (C=O) groups is 2. The van der Waals surface area contributed by atoms with Gasteiger partial charge in [0.25, 0.3) is 5.91 Å². The number of carbonyl (C=O) groups excluding carboxylic acids is 2. The lowest BCUT2D eigenvalue weighted by molar-refractivity contribution is 0.0600. The fraction of sp³-hybridized carbons (Fsp3) is 0.391. The zero-order chi connectivity index (χ0) is 20.6. The molecule has 0 radical (unpaired) electrons. The number of methoxy groups -OCH3 is 1. The molecule has 0 saturated carbocycles. The minimum absolute atomic E-state index is 0.0993. The Hall–Kier alpha value is -2.31. The smallest absolute Gasteiger partial charge is 0.337 e. The van der Waals surface area contributed by atoms with Gasteiger partial charge in [0.15, 0.2) is 0 Å². The van der Waals surface area contributed by atoms with Crippen molar-refractivity contribution in [1.29, 1.82) is 0 Å². The first-order chi connectivity index (χ1) is 14.1. The number of hydrogen-bond acceptors (Lipinski definition) is 5. The Morgan fingerprint density at radius 3 is 2.38 bits per heavy atom. The van der Waals surface area contributed by atoms with Gasteiger partial charge in [-0.15, -0.1) is 11.8 Å². The summed E-state index contributed by atoms with van der Waals surface area (Å²) in [5.41, 5.74) is 2.39. The Morgan fingerprint density at radius 1 is 1.07 bits per heavy atom. The van der Waals surface area contributed by atoms with E-state index in [2.05, 4.69) is 45.5 Å². The number of esters is 1. The second-order valence-electron chi connectivity index (χ2n) is 7.31. The van der Waals surface area contributed by atoms with Gasteiger partial charge in [0.1, 0.15) is 0 Å². The van der Waals surface area contributed by atoms with Crippen molar-refractivity contribution in [2.45, 2.75) is 24.3 Å². The molecule has 1 aliphatic heterocycles. The molecule has 3 rings (SSSR count). The molecule has 1 fully saturated rings. The largest absolute Gasteiger partial charge is 0.465 e. The Balaban J connectivity index is 1.44. The van der Waals surface area contributed by atoms with Crippen LogP contribution in [0.25, 0.3) is 0 Å². The summed E-state index contributed by atoms with van der Waals surface area (Å²) in [4.78, 5) is 27.7. The van der Waals surface area contributed by atoms with Gasteiger partial charge in [-0.3, -0.25) is 9.69 Å². The summed E-state index contributed by atoms with van der Waals surface area (Å²) in [6, 6.07) is 15.1. The average molecular weight is 413 g/mol. The zero-order valence-corrected chi connectivity index (χ0v) is 17.8. The van der Waals surface area contributed by atoms with Crippen LogP contribution in [0.2, 0.25) is 0 Å². The number of likely N-dealkylation sites (tertiary alicyclic amines) is 1. The van der Waals surface area contributed by atoms with E-state index in [0.29, 0.717) is 23.6 Å². The molecule has 0 bridgehead atoms. The molecule has 0 atom stereocenters. The van der Waals surface area contributed by atoms with Crippen LogP contribution in [0, 0.1) is 5.92 Å². The van der Waals surface area contributed by atoms with Gasteiger partial charge in [0, 0.05) is 23.5 Å². The fourth-order valence-corrected chi connectivity index (χ4v) is 4.25. The van der Waals surface area contributed by atoms with Crippen molar-refractivity contribution in [3.63, 3.8) is 0 Å². The lowest BCUT2D eigenvalue weighted by Crippen LogP contribution is -2.38. The molecule has 1 saturated heterocycles. The molecule has 29 heavy (non-hydrogen) atoms. The van der Waals surface area contributed by atoms with Crippen LogP contribution in [0.3, 0.4) is 0 Å². The molecule has 2 aromatic rings. The van der Waals surface area contributed by atoms with E-state index in [9.17, 15) is 9.59 Å². The van der Waals surface area contributed by atoms with E-state index in [-0.39, 0.29) is 5.91 Å². The zero-order valence-electron chi connectivity index (χ0n) is 17.0. The minimum atomic E-state index is -0.399. The summed E-state index contributed by atoms with van der Waals surface area (Å²) < 4.78 is 4.68. The topological polar surface area (TPSA) is 58.6 Å². The van der Waals surface area contributed by atoms with Crippen LogP contribution in [0.1, 0.15) is 39.1 Å². The fourth-order valence-electron chi connectivity index (χ4n) is 3.64. The number of ether oxygens (including phenoxy) is 1. The van der Waals surface area contributed by atoms with Crippen LogP contribution < -0.4 is 5.32 Å². The van der Waals surface area contributed by atoms with Gasteiger partial charge in [-0.2, -0.15) is 0 Å². The van der Waals surface area contributed by atoms with Crippen LogP contribution in [-0.4, -0.2) is 49.8 Å². The van der Waals surface area contributed by atoms with Crippen molar-refractivity contribution in [3.05, 3.63) is 65.2 Å². The second-order valence-corrected chi connectivity index (χ2v) is 8.16. The summed E-state index contributed by atoms with van der Waals surface area (Å²) in [6.07, 6.45) is 4.29. The van der Waals surface area contributed by atoms with Crippen molar-refractivity contribution >= 4 is 23.6 Å². The number of nitrogens with zero attached hydrogens (tertiary/aromatic N) is 1. The monoisotopic (exact) mass is 412 g/mol. The van der Waals surface area contributed by atoms with Gasteiger partial charge in [-0.25, -0.2) is 4.79 Å². The maximum atomic E-state index is 12.4. The third kappa shape index (κ3) is 5.84. The highest BCUT2D eigenvalue weighted by molar-refractivity contribution is 7.98. The van der Waals surface area contributed by atoms with Gasteiger partial charge in [0.05, 0.1) is 12.7 Å². The molecule has 2 aromatic carbocycles. The molecular formula is C23H28N2O3S. The van der Waals surface area contributed by atoms with E-state index in [1.54, 1.807) is 36.0 Å². The van der Waals surface area contributed by atoms with E-state index < -0.39 is 5.97 Å². The molecule has 1 heterocycles. The molecule has 5 nitrogen and oxygen atoms in total. The van der Waals surface area contributed by atoms with Gasteiger partial charge in [-0.05, 0) is 74.0 Å². The van der Waals surface area contributed by atoms with E-state index in [0.717, 1.165) is 32.5 Å². The molecule has 0 spiro atoms. The van der Waals surface area contributed by atoms with Crippen LogP contribution in [0.4, 0.5) is 0 Å². The van der Waals surface area contributed by atoms with Crippen LogP contribution in [0.5, 0.6) is 0 Å². The van der Waals surface area contributed by atoms with Gasteiger partial charge in [-0.1, -0.05) is 18.2 Å². The van der Waals surface area contributed by atoms with Crippen molar-refractivity contribution in [3.8, 4) is 0 Å². The molecule has 1 amide bonds. The standard InChI is InChI=1S/C23H28N2O3S/c1-28-23(27)19-9-7-18(8-10-19)22(26)24-15-17-11-13-25(14-12-17)16-20-5-3-4-6-21(20)29-2/h3-10,17H,11-16H2,1-2H3,(H,24,26). The second kappa shape index (κ2) is 10.5. The highest BCUT2D eigenvalue weighted by atomic mass is 32.2. The first-order valence-electron chi connectivity index (χ1n) is 9.91. The average Bonchev–Trinajstić information content (AvgIpc) is 2.78. The number of benzene rings is 2. The van der Waals surface area contributed by atoms with E-state index in [1.165, 1.54) is 17.6 Å². The van der Waals surface area contributed by atoms with E-state index in [1.807, 2.05) is 0 Å². The summed E-state index contributed by atoms with van der Waals surface area (Å²) >= 11 is 1.80. The van der Waals surface area contributed by atoms with Gasteiger partial charge >= 0.3 is 5.97 Å². The normalized spacial score (nSPS) is 15.1. The summed E-state index contributed by atoms with van der Waals surface area (Å²) in [7, 11) is 1.34. The third-order valence-electron chi connectivity index (χ3n) is 5.41. The summed E-state index contributed by atoms with van der Waals surface area (Å²) in [6.45, 7) is 3.78. The van der Waals surface area contributed by atoms with E-state index >= 15 is 0 Å². The van der Waals surface area contributed by atoms with Crippen molar-refractivity contribution < 1.29 is 14.3 Å². The molecular weight excluding hydrogens is 384 g/mol. The maximum Gasteiger partial charge on any atom is 0.337 e. The quantitative estimate of drug-likeness (QED) is 0.553. The Bertz CT molecular complexity index is 830. The SMILES string of the molecule is COC(=O)c1ccc(C(=O)NCC2CCN(Cc3ccccc3SC)CC2)cc1. The Morgan fingerprint density at radius 2 is 1.72 bits per heavy atom. The number of thioether (sulfide) groups is 1. The number of amides is 1. The van der Waals surface area contributed by atoms with Crippen LogP contribution in [0.15, 0.2) is 53.4 Å². The molecule has 1 N–H and O–H groups in total. The molecule has 0 aromatic heterocycles. The van der Waals surface area contributed by atoms with E-state index in [4.69, 9.17) is 0 Å². The number of nitrogens with one attached hydrogen (secondary N) is 1. The molecule has 0 aliphatic carbocycles. The van der Waals surface area contributed by atoms with Gasteiger partial charge in [0.2, 0.25) is 0 Å².